The van der Waals surface area contributed by atoms with Gasteiger partial charge in [-0.25, -0.2) is 0 Å². The van der Waals surface area contributed by atoms with Crippen LogP contribution in [0.15, 0.2) is 9.64 Å². The molecule has 0 aliphatic heterocycles. The Bertz CT molecular complexity index is 576. The van der Waals surface area contributed by atoms with Gasteiger partial charge in [0, 0.05) is 18.2 Å². The lowest BCUT2D eigenvalue weighted by Crippen LogP contribution is -2.45. The molecule has 0 spiro atoms. The van der Waals surface area contributed by atoms with Crippen LogP contribution in [0.25, 0.3) is 0 Å². The number of halogens is 1. The van der Waals surface area contributed by atoms with Crippen LogP contribution in [-0.4, -0.2) is 40.2 Å². The number of nitrogens with one attached hydrogen (secondary N) is 1. The Kier molecular flexibility index (Phi) is 10.2. The lowest BCUT2D eigenvalue weighted by molar-refractivity contribution is -0.126. The molecule has 0 bridgehead atoms. The number of hydrogen-bond acceptors (Lipinski definition) is 7. The molecule has 26 heavy (non-hydrogen) atoms. The van der Waals surface area contributed by atoms with Crippen molar-refractivity contribution in [3.8, 4) is 0 Å². The van der Waals surface area contributed by atoms with Crippen molar-refractivity contribution in [2.45, 2.75) is 63.6 Å². The summed E-state index contributed by atoms with van der Waals surface area (Å²) in [5, 5.41) is 11.0. The summed E-state index contributed by atoms with van der Waals surface area (Å²) >= 11 is 1.32. The molecule has 7 nitrogen and oxygen atoms in total. The zero-order chi connectivity index (χ0) is 18.2. The predicted molar refractivity (Wildman–Crippen MR) is 104 cm³/mol. The zero-order valence-corrected chi connectivity index (χ0v) is 17.0. The third kappa shape index (κ3) is 6.89. The second-order valence-corrected chi connectivity index (χ2v) is 7.95. The quantitative estimate of drug-likeness (QED) is 0.480. The summed E-state index contributed by atoms with van der Waals surface area (Å²) in [6, 6.07) is -0.623. The summed E-state index contributed by atoms with van der Waals surface area (Å²) in [4.78, 5) is 25.3. The Labute approximate surface area is 165 Å². The molecule has 1 fully saturated rings. The van der Waals surface area contributed by atoms with Crippen molar-refractivity contribution >= 4 is 35.9 Å². The summed E-state index contributed by atoms with van der Waals surface area (Å²) in [5.41, 5.74) is 5.45. The molecule has 1 heterocycles. The summed E-state index contributed by atoms with van der Waals surface area (Å²) < 4.78 is 5.42. The van der Waals surface area contributed by atoms with Gasteiger partial charge < -0.3 is 15.5 Å². The summed E-state index contributed by atoms with van der Waals surface area (Å²) in [7, 11) is 0. The second kappa shape index (κ2) is 11.6. The van der Waals surface area contributed by atoms with Crippen molar-refractivity contribution in [2.24, 2.45) is 17.6 Å². The predicted octanol–water partition coefficient (Wildman–Crippen LogP) is 2.84. The highest BCUT2D eigenvalue weighted by atomic mass is 35.5. The van der Waals surface area contributed by atoms with Gasteiger partial charge in [-0.05, 0) is 25.2 Å². The van der Waals surface area contributed by atoms with Crippen LogP contribution in [-0.2, 0) is 4.79 Å². The SMILES string of the molecule is CC(C)C[C@H](NC(=O)C1CCCCC1)C(=O)c1nnc(SCCN)o1.Cl. The van der Waals surface area contributed by atoms with Gasteiger partial charge in [0.15, 0.2) is 0 Å². The van der Waals surface area contributed by atoms with E-state index in [1.54, 1.807) is 0 Å². The van der Waals surface area contributed by atoms with Gasteiger partial charge in [-0.15, -0.1) is 22.6 Å². The minimum Gasteiger partial charge on any atom is -0.408 e. The van der Waals surface area contributed by atoms with E-state index < -0.39 is 6.04 Å². The average Bonchev–Trinajstić information content (AvgIpc) is 3.08. The number of nitrogens with zero attached hydrogens (tertiary/aromatic N) is 2. The molecule has 0 aromatic carbocycles. The van der Waals surface area contributed by atoms with Gasteiger partial charge in [0.05, 0.1) is 6.04 Å². The molecule has 0 unspecified atom stereocenters. The molecular weight excluding hydrogens is 376 g/mol. The number of rotatable bonds is 9. The van der Waals surface area contributed by atoms with Crippen LogP contribution >= 0.6 is 24.2 Å². The summed E-state index contributed by atoms with van der Waals surface area (Å²) in [6.07, 6.45) is 5.68. The number of carbonyl (C=O) groups is 2. The third-order valence-corrected chi connectivity index (χ3v) is 5.13. The highest BCUT2D eigenvalue weighted by Gasteiger charge is 2.30. The van der Waals surface area contributed by atoms with E-state index in [1.807, 2.05) is 13.8 Å². The molecule has 1 aromatic heterocycles. The molecule has 1 aliphatic rings. The molecule has 3 N–H and O–H groups in total. The topological polar surface area (TPSA) is 111 Å². The van der Waals surface area contributed by atoms with E-state index >= 15 is 0 Å². The number of hydrogen-bond donors (Lipinski definition) is 2. The van der Waals surface area contributed by atoms with E-state index in [2.05, 4.69) is 15.5 Å². The highest BCUT2D eigenvalue weighted by molar-refractivity contribution is 7.99. The first-order valence-electron chi connectivity index (χ1n) is 9.02. The van der Waals surface area contributed by atoms with Crippen LogP contribution in [0.4, 0.5) is 0 Å². The molecule has 9 heteroatoms. The number of carbonyl (C=O) groups excluding carboxylic acids is 2. The standard InChI is InChI=1S/C17H28N4O3S.ClH/c1-11(2)10-13(19-15(23)12-6-4-3-5-7-12)14(22)16-20-21-17(24-16)25-9-8-18;/h11-13H,3-10,18H2,1-2H3,(H,19,23);1H/t13-;/m0./s1. The van der Waals surface area contributed by atoms with Gasteiger partial charge in [-0.3, -0.25) is 9.59 Å². The number of amides is 1. The van der Waals surface area contributed by atoms with E-state index in [0.717, 1.165) is 25.7 Å². The molecule has 1 saturated carbocycles. The first kappa shape index (κ1) is 22.9. The molecular formula is C17H29ClN4O3S. The average molecular weight is 405 g/mol. The number of aromatic nitrogens is 2. The molecule has 1 amide bonds. The monoisotopic (exact) mass is 404 g/mol. The van der Waals surface area contributed by atoms with Gasteiger partial charge in [0.2, 0.25) is 11.7 Å². The van der Waals surface area contributed by atoms with E-state index in [0.29, 0.717) is 23.9 Å². The van der Waals surface area contributed by atoms with Crippen LogP contribution in [0.1, 0.15) is 63.1 Å². The lowest BCUT2D eigenvalue weighted by Gasteiger charge is -2.24. The number of Topliss-reactive ketones (excluding diaryl/α,β-unsaturated/α-hetero) is 1. The van der Waals surface area contributed by atoms with Crippen LogP contribution in [0, 0.1) is 11.8 Å². The smallest absolute Gasteiger partial charge is 0.286 e. The Balaban J connectivity index is 0.00000338. The van der Waals surface area contributed by atoms with Crippen molar-refractivity contribution in [3.05, 3.63) is 5.89 Å². The number of ketones is 1. The minimum atomic E-state index is -0.623. The van der Waals surface area contributed by atoms with Gasteiger partial charge in [-0.2, -0.15) is 0 Å². The maximum absolute atomic E-state index is 12.7. The van der Waals surface area contributed by atoms with E-state index in [9.17, 15) is 9.59 Å². The fourth-order valence-corrected chi connectivity index (χ4v) is 3.55. The molecule has 0 radical (unpaired) electrons. The van der Waals surface area contributed by atoms with Gasteiger partial charge >= 0.3 is 0 Å². The minimum absolute atomic E-state index is 0. The van der Waals surface area contributed by atoms with Crippen molar-refractivity contribution < 1.29 is 14.0 Å². The largest absolute Gasteiger partial charge is 0.408 e. The van der Waals surface area contributed by atoms with Crippen LogP contribution < -0.4 is 11.1 Å². The Morgan fingerprint density at radius 3 is 2.58 bits per heavy atom. The van der Waals surface area contributed by atoms with Crippen LogP contribution in [0.5, 0.6) is 0 Å². The van der Waals surface area contributed by atoms with Gasteiger partial charge in [-0.1, -0.05) is 44.9 Å². The van der Waals surface area contributed by atoms with Crippen molar-refractivity contribution in [2.75, 3.05) is 12.3 Å². The van der Waals surface area contributed by atoms with E-state index in [-0.39, 0.29) is 41.8 Å². The van der Waals surface area contributed by atoms with E-state index in [1.165, 1.54) is 18.2 Å². The van der Waals surface area contributed by atoms with E-state index in [4.69, 9.17) is 10.2 Å². The second-order valence-electron chi connectivity index (χ2n) is 6.90. The van der Waals surface area contributed by atoms with Crippen molar-refractivity contribution in [1.29, 1.82) is 0 Å². The van der Waals surface area contributed by atoms with Crippen molar-refractivity contribution in [3.63, 3.8) is 0 Å². The fraction of sp³-hybridized carbons (Fsp3) is 0.765. The highest BCUT2D eigenvalue weighted by Crippen LogP contribution is 2.24. The third-order valence-electron chi connectivity index (χ3n) is 4.28. The normalized spacial score (nSPS) is 16.2. The number of thioether (sulfide) groups is 1. The molecule has 1 atom stereocenters. The zero-order valence-electron chi connectivity index (χ0n) is 15.4. The molecule has 2 rings (SSSR count). The molecule has 0 saturated heterocycles. The maximum Gasteiger partial charge on any atom is 0.286 e. The molecule has 1 aliphatic carbocycles. The van der Waals surface area contributed by atoms with Gasteiger partial charge in [0.25, 0.3) is 11.1 Å². The summed E-state index contributed by atoms with van der Waals surface area (Å²) in [6.45, 7) is 4.52. The first-order valence-corrected chi connectivity index (χ1v) is 10.0. The van der Waals surface area contributed by atoms with Crippen molar-refractivity contribution in [1.82, 2.24) is 15.5 Å². The molecule has 148 valence electrons. The van der Waals surface area contributed by atoms with Gasteiger partial charge in [0.1, 0.15) is 0 Å². The maximum atomic E-state index is 12.7. The Hall–Kier alpha value is -1.12. The lowest BCUT2D eigenvalue weighted by atomic mass is 9.88. The summed E-state index contributed by atoms with van der Waals surface area (Å²) in [5.74, 6) is 0.517. The van der Waals surface area contributed by atoms with Crippen LogP contribution in [0.3, 0.4) is 0 Å². The fourth-order valence-electron chi connectivity index (χ4n) is 3.02. The first-order chi connectivity index (χ1) is 12.0. The molecule has 1 aromatic rings. The van der Waals surface area contributed by atoms with Crippen LogP contribution in [0.2, 0.25) is 0 Å². The number of nitrogens with two attached hydrogens (primary N) is 1. The Morgan fingerprint density at radius 2 is 1.96 bits per heavy atom. The Morgan fingerprint density at radius 1 is 1.27 bits per heavy atom.